The number of hydrogen-bond donors (Lipinski definition) is 1. The summed E-state index contributed by atoms with van der Waals surface area (Å²) in [5.74, 6) is 0.815. The molecule has 26 heavy (non-hydrogen) atoms. The van der Waals surface area contributed by atoms with Gasteiger partial charge >= 0.3 is 0 Å². The Balaban J connectivity index is 1.97. The SMILES string of the molecule is COc1ccc2c(c1)[C@@]1(C)CCN(C)[C@H](C2)C1(O)c1cccc(C#N)c1. The van der Waals surface area contributed by atoms with Crippen LogP contribution in [0.1, 0.15) is 35.6 Å². The Morgan fingerprint density at radius 3 is 2.81 bits per heavy atom. The van der Waals surface area contributed by atoms with Crippen molar-refractivity contribution in [2.45, 2.75) is 36.8 Å². The van der Waals surface area contributed by atoms with Gasteiger partial charge in [0.1, 0.15) is 11.4 Å². The van der Waals surface area contributed by atoms with Gasteiger partial charge in [0.2, 0.25) is 0 Å². The Kier molecular flexibility index (Phi) is 3.83. The molecule has 2 aliphatic rings. The number of methoxy groups -OCH3 is 1. The number of rotatable bonds is 2. The summed E-state index contributed by atoms with van der Waals surface area (Å²) in [5, 5.41) is 21.5. The van der Waals surface area contributed by atoms with E-state index in [-0.39, 0.29) is 6.04 Å². The molecule has 1 unspecified atom stereocenters. The van der Waals surface area contributed by atoms with Crippen LogP contribution >= 0.6 is 0 Å². The van der Waals surface area contributed by atoms with Crippen molar-refractivity contribution < 1.29 is 9.84 Å². The minimum atomic E-state index is -1.06. The fraction of sp³-hybridized carbons (Fsp3) is 0.409. The van der Waals surface area contributed by atoms with Crippen molar-refractivity contribution in [1.82, 2.24) is 4.90 Å². The van der Waals surface area contributed by atoms with Gasteiger partial charge in [-0.1, -0.05) is 25.1 Å². The first-order chi connectivity index (χ1) is 12.4. The molecule has 1 saturated heterocycles. The van der Waals surface area contributed by atoms with E-state index in [9.17, 15) is 10.4 Å². The van der Waals surface area contributed by atoms with Crippen molar-refractivity contribution in [2.75, 3.05) is 20.7 Å². The normalized spacial score (nSPS) is 30.3. The number of fused-ring (bicyclic) bond motifs is 4. The second-order valence-electron chi connectivity index (χ2n) is 7.76. The number of likely N-dealkylation sites (N-methyl/N-ethyl adjacent to an activating group) is 1. The van der Waals surface area contributed by atoms with Crippen molar-refractivity contribution in [1.29, 1.82) is 5.26 Å². The maximum Gasteiger partial charge on any atom is 0.119 e. The Morgan fingerprint density at radius 2 is 2.08 bits per heavy atom. The summed E-state index contributed by atoms with van der Waals surface area (Å²) in [6.07, 6.45) is 1.62. The van der Waals surface area contributed by atoms with E-state index in [0.717, 1.165) is 36.3 Å². The van der Waals surface area contributed by atoms with E-state index < -0.39 is 11.0 Å². The van der Waals surface area contributed by atoms with E-state index >= 15 is 0 Å². The van der Waals surface area contributed by atoms with Gasteiger partial charge in [0.05, 0.1) is 18.7 Å². The summed E-state index contributed by atoms with van der Waals surface area (Å²) in [5.41, 5.74) is 2.32. The van der Waals surface area contributed by atoms with Gasteiger partial charge in [-0.25, -0.2) is 0 Å². The lowest BCUT2D eigenvalue weighted by atomic mass is 9.53. The van der Waals surface area contributed by atoms with Crippen molar-refractivity contribution >= 4 is 0 Å². The van der Waals surface area contributed by atoms with Crippen molar-refractivity contribution in [2.24, 2.45) is 0 Å². The summed E-state index contributed by atoms with van der Waals surface area (Å²) in [6, 6.07) is 15.8. The molecule has 0 aromatic heterocycles. The van der Waals surface area contributed by atoms with E-state index in [1.807, 2.05) is 24.3 Å². The highest BCUT2D eigenvalue weighted by molar-refractivity contribution is 5.51. The number of piperidine rings is 1. The Morgan fingerprint density at radius 1 is 1.27 bits per heavy atom. The molecule has 1 N–H and O–H groups in total. The standard InChI is InChI=1S/C22H24N2O2/c1-21-9-10-24(2)20(12-16-7-8-18(26-3)13-19(16)21)22(21,25)17-6-4-5-15(11-17)14-23/h4-8,11,13,20,25H,9-10,12H2,1-3H3/t20-,21-,22?/m1/s1. The van der Waals surface area contributed by atoms with Crippen LogP contribution in [0.4, 0.5) is 0 Å². The predicted molar refractivity (Wildman–Crippen MR) is 100 cm³/mol. The third-order valence-electron chi connectivity index (χ3n) is 6.58. The third-order valence-corrected chi connectivity index (χ3v) is 6.58. The van der Waals surface area contributed by atoms with Gasteiger partial charge < -0.3 is 9.84 Å². The van der Waals surface area contributed by atoms with E-state index in [4.69, 9.17) is 4.74 Å². The molecule has 2 aromatic rings. The van der Waals surface area contributed by atoms with Gasteiger partial charge in [-0.2, -0.15) is 5.26 Å². The first kappa shape index (κ1) is 17.1. The summed E-state index contributed by atoms with van der Waals surface area (Å²) in [4.78, 5) is 2.26. The number of hydrogen-bond acceptors (Lipinski definition) is 4. The lowest BCUT2D eigenvalue weighted by molar-refractivity contribution is -0.141. The summed E-state index contributed by atoms with van der Waals surface area (Å²) in [6.45, 7) is 3.08. The van der Waals surface area contributed by atoms with Crippen molar-refractivity contribution in [3.8, 4) is 11.8 Å². The second kappa shape index (κ2) is 5.84. The molecule has 2 aromatic carbocycles. The van der Waals surface area contributed by atoms with E-state index in [1.165, 1.54) is 5.56 Å². The largest absolute Gasteiger partial charge is 0.497 e. The first-order valence-corrected chi connectivity index (χ1v) is 9.04. The van der Waals surface area contributed by atoms with Gasteiger partial charge in [-0.15, -0.1) is 0 Å². The van der Waals surface area contributed by atoms with Crippen LogP contribution in [0.2, 0.25) is 0 Å². The molecule has 3 atom stereocenters. The van der Waals surface area contributed by atoms with Gasteiger partial charge in [-0.05, 0) is 67.4 Å². The number of nitrogens with zero attached hydrogens (tertiary/aromatic N) is 2. The quantitative estimate of drug-likeness (QED) is 0.906. The molecule has 1 fully saturated rings. The fourth-order valence-electron chi connectivity index (χ4n) is 5.00. The number of nitriles is 1. The number of likely N-dealkylation sites (tertiary alicyclic amines) is 1. The highest BCUT2D eigenvalue weighted by atomic mass is 16.5. The molecule has 1 aliphatic carbocycles. The monoisotopic (exact) mass is 348 g/mol. The smallest absolute Gasteiger partial charge is 0.119 e. The van der Waals surface area contributed by atoms with Crippen LogP contribution in [0.3, 0.4) is 0 Å². The molecule has 0 radical (unpaired) electrons. The average Bonchev–Trinajstić information content (AvgIpc) is 2.67. The minimum absolute atomic E-state index is 0.0314. The van der Waals surface area contributed by atoms with Gasteiger partial charge in [0.25, 0.3) is 0 Å². The zero-order valence-electron chi connectivity index (χ0n) is 15.5. The molecule has 134 valence electrons. The maximum absolute atomic E-state index is 12.2. The molecular weight excluding hydrogens is 324 g/mol. The van der Waals surface area contributed by atoms with Crippen LogP contribution in [-0.2, 0) is 17.4 Å². The van der Waals surface area contributed by atoms with E-state index in [0.29, 0.717) is 5.56 Å². The fourth-order valence-corrected chi connectivity index (χ4v) is 5.00. The van der Waals surface area contributed by atoms with Gasteiger partial charge in [0, 0.05) is 11.5 Å². The molecule has 4 nitrogen and oxygen atoms in total. The highest BCUT2D eigenvalue weighted by Crippen LogP contribution is 2.56. The van der Waals surface area contributed by atoms with Crippen LogP contribution in [0.5, 0.6) is 5.75 Å². The zero-order valence-corrected chi connectivity index (χ0v) is 15.5. The lowest BCUT2D eigenvalue weighted by Gasteiger charge is -2.60. The summed E-state index contributed by atoms with van der Waals surface area (Å²) < 4.78 is 5.46. The van der Waals surface area contributed by atoms with Gasteiger partial charge in [-0.3, -0.25) is 4.90 Å². The molecular formula is C22H24N2O2. The topological polar surface area (TPSA) is 56.5 Å². The van der Waals surface area contributed by atoms with Crippen LogP contribution in [0, 0.1) is 11.3 Å². The lowest BCUT2D eigenvalue weighted by Crippen LogP contribution is -2.67. The number of aliphatic hydroxyl groups is 1. The summed E-state index contributed by atoms with van der Waals surface area (Å²) >= 11 is 0. The van der Waals surface area contributed by atoms with Crippen LogP contribution in [-0.4, -0.2) is 36.8 Å². The number of ether oxygens (including phenoxy) is 1. The minimum Gasteiger partial charge on any atom is -0.497 e. The zero-order chi connectivity index (χ0) is 18.5. The van der Waals surface area contributed by atoms with Crippen LogP contribution < -0.4 is 4.74 Å². The molecule has 0 amide bonds. The molecule has 1 heterocycles. The Bertz CT molecular complexity index is 903. The first-order valence-electron chi connectivity index (χ1n) is 9.04. The molecule has 0 saturated carbocycles. The number of benzene rings is 2. The second-order valence-corrected chi connectivity index (χ2v) is 7.76. The summed E-state index contributed by atoms with van der Waals surface area (Å²) in [7, 11) is 3.75. The van der Waals surface area contributed by atoms with Crippen LogP contribution in [0.25, 0.3) is 0 Å². The van der Waals surface area contributed by atoms with E-state index in [1.54, 1.807) is 13.2 Å². The Hall–Kier alpha value is -2.35. The molecule has 4 rings (SSSR count). The molecule has 4 heteroatoms. The predicted octanol–water partition coefficient (Wildman–Crippen LogP) is 2.97. The Labute approximate surface area is 154 Å². The molecule has 0 spiro atoms. The average molecular weight is 348 g/mol. The molecule has 2 bridgehead atoms. The van der Waals surface area contributed by atoms with E-state index in [2.05, 4.69) is 37.1 Å². The molecule has 1 aliphatic heterocycles. The highest BCUT2D eigenvalue weighted by Gasteiger charge is 2.60. The van der Waals surface area contributed by atoms with Crippen molar-refractivity contribution in [3.63, 3.8) is 0 Å². The third kappa shape index (κ3) is 2.14. The maximum atomic E-state index is 12.2. The van der Waals surface area contributed by atoms with Crippen LogP contribution in [0.15, 0.2) is 42.5 Å². The van der Waals surface area contributed by atoms with Crippen molar-refractivity contribution in [3.05, 3.63) is 64.7 Å². The van der Waals surface area contributed by atoms with Gasteiger partial charge in [0.15, 0.2) is 0 Å².